The lowest BCUT2D eigenvalue weighted by Crippen LogP contribution is -2.02. The molecular formula is C16H13BrClNO2. The lowest BCUT2D eigenvalue weighted by molar-refractivity contribution is 0.258. The first-order chi connectivity index (χ1) is 10.0. The average Bonchev–Trinajstić information content (AvgIpc) is 2.46. The maximum Gasteiger partial charge on any atom is 0.128 e. The van der Waals surface area contributed by atoms with Gasteiger partial charge in [-0.15, -0.1) is 0 Å². The van der Waals surface area contributed by atoms with Crippen LogP contribution in [0.4, 0.5) is 0 Å². The highest BCUT2D eigenvalue weighted by molar-refractivity contribution is 9.10. The molecule has 0 radical (unpaired) electrons. The highest BCUT2D eigenvalue weighted by atomic mass is 79.9. The lowest BCUT2D eigenvalue weighted by Gasteiger charge is -2.14. The number of aliphatic hydroxyl groups excluding tert-OH is 1. The molecule has 0 aliphatic rings. The van der Waals surface area contributed by atoms with Crippen LogP contribution >= 0.6 is 27.5 Å². The van der Waals surface area contributed by atoms with Crippen LogP contribution in [0.25, 0.3) is 0 Å². The van der Waals surface area contributed by atoms with E-state index in [4.69, 9.17) is 21.6 Å². The number of ether oxygens (including phenoxy) is 1. The van der Waals surface area contributed by atoms with Crippen molar-refractivity contribution < 1.29 is 9.84 Å². The molecule has 0 spiro atoms. The van der Waals surface area contributed by atoms with Crippen LogP contribution in [-0.4, -0.2) is 5.11 Å². The van der Waals surface area contributed by atoms with Gasteiger partial charge >= 0.3 is 0 Å². The number of rotatable bonds is 4. The number of nitriles is 1. The molecule has 0 heterocycles. The summed E-state index contributed by atoms with van der Waals surface area (Å²) in [5.74, 6) is 0.654. The quantitative estimate of drug-likeness (QED) is 0.875. The Labute approximate surface area is 136 Å². The molecule has 0 aliphatic carbocycles. The van der Waals surface area contributed by atoms with E-state index in [9.17, 15) is 5.11 Å². The van der Waals surface area contributed by atoms with Crippen molar-refractivity contribution in [3.05, 3.63) is 62.1 Å². The standard InChI is InChI=1S/C16H13BrClNO2/c1-10-4-14(17)6-13(8-20)16(10)21-9-12-3-2-11(7-19)5-15(12)18/h2-6,20H,8-9H2,1H3. The van der Waals surface area contributed by atoms with Crippen molar-refractivity contribution in [3.8, 4) is 11.8 Å². The molecule has 2 aromatic rings. The fourth-order valence-corrected chi connectivity index (χ4v) is 2.86. The van der Waals surface area contributed by atoms with Crippen molar-refractivity contribution in [1.82, 2.24) is 0 Å². The van der Waals surface area contributed by atoms with Crippen molar-refractivity contribution in [2.45, 2.75) is 20.1 Å². The second-order valence-electron chi connectivity index (χ2n) is 4.58. The van der Waals surface area contributed by atoms with Gasteiger partial charge in [-0.25, -0.2) is 0 Å². The van der Waals surface area contributed by atoms with Gasteiger partial charge < -0.3 is 9.84 Å². The van der Waals surface area contributed by atoms with E-state index in [2.05, 4.69) is 15.9 Å². The summed E-state index contributed by atoms with van der Waals surface area (Å²) in [7, 11) is 0. The topological polar surface area (TPSA) is 53.2 Å². The summed E-state index contributed by atoms with van der Waals surface area (Å²) in [6.07, 6.45) is 0. The number of nitrogens with zero attached hydrogens (tertiary/aromatic N) is 1. The summed E-state index contributed by atoms with van der Waals surface area (Å²) < 4.78 is 6.70. The van der Waals surface area contributed by atoms with Crippen molar-refractivity contribution in [3.63, 3.8) is 0 Å². The molecule has 0 saturated carbocycles. The molecular weight excluding hydrogens is 354 g/mol. The Balaban J connectivity index is 2.23. The second kappa shape index (κ2) is 6.95. The predicted octanol–water partition coefficient (Wildman–Crippen LogP) is 4.35. The molecule has 5 heteroatoms. The van der Waals surface area contributed by atoms with Crippen LogP contribution in [0.15, 0.2) is 34.8 Å². The van der Waals surface area contributed by atoms with Crippen molar-refractivity contribution in [2.24, 2.45) is 0 Å². The van der Waals surface area contributed by atoms with Crippen LogP contribution in [0, 0.1) is 18.3 Å². The number of hydrogen-bond donors (Lipinski definition) is 1. The first-order valence-electron chi connectivity index (χ1n) is 6.26. The van der Waals surface area contributed by atoms with E-state index >= 15 is 0 Å². The maximum absolute atomic E-state index is 9.42. The molecule has 0 atom stereocenters. The molecule has 2 rings (SSSR count). The predicted molar refractivity (Wildman–Crippen MR) is 85.3 cm³/mol. The van der Waals surface area contributed by atoms with Crippen LogP contribution in [0.3, 0.4) is 0 Å². The van der Waals surface area contributed by atoms with Gasteiger partial charge in [0.15, 0.2) is 0 Å². The Kier molecular flexibility index (Phi) is 5.24. The molecule has 0 aliphatic heterocycles. The average molecular weight is 367 g/mol. The minimum Gasteiger partial charge on any atom is -0.488 e. The maximum atomic E-state index is 9.42. The molecule has 108 valence electrons. The van der Waals surface area contributed by atoms with Crippen LogP contribution in [0.1, 0.15) is 22.3 Å². The molecule has 0 aromatic heterocycles. The van der Waals surface area contributed by atoms with E-state index in [1.165, 1.54) is 0 Å². The third kappa shape index (κ3) is 3.76. The number of aliphatic hydroxyl groups is 1. The van der Waals surface area contributed by atoms with Crippen LogP contribution in [-0.2, 0) is 13.2 Å². The minimum atomic E-state index is -0.100. The van der Waals surface area contributed by atoms with Gasteiger partial charge in [-0.3, -0.25) is 0 Å². The third-order valence-electron chi connectivity index (χ3n) is 3.04. The summed E-state index contributed by atoms with van der Waals surface area (Å²) in [5.41, 5.74) is 2.95. The van der Waals surface area contributed by atoms with Gasteiger partial charge in [-0.05, 0) is 36.8 Å². The fraction of sp³-hybridized carbons (Fsp3) is 0.188. The molecule has 1 N–H and O–H groups in total. The van der Waals surface area contributed by atoms with Crippen LogP contribution in [0.2, 0.25) is 5.02 Å². The minimum absolute atomic E-state index is 0.100. The highest BCUT2D eigenvalue weighted by Crippen LogP contribution is 2.29. The third-order valence-corrected chi connectivity index (χ3v) is 3.85. The lowest BCUT2D eigenvalue weighted by atomic mass is 10.1. The summed E-state index contributed by atoms with van der Waals surface area (Å²) in [6, 6.07) is 10.9. The molecule has 0 bridgehead atoms. The zero-order valence-corrected chi connectivity index (χ0v) is 13.7. The number of benzene rings is 2. The van der Waals surface area contributed by atoms with Crippen molar-refractivity contribution in [1.29, 1.82) is 5.26 Å². The molecule has 0 unspecified atom stereocenters. The Morgan fingerprint density at radius 3 is 2.67 bits per heavy atom. The van der Waals surface area contributed by atoms with Crippen molar-refractivity contribution in [2.75, 3.05) is 0 Å². The second-order valence-corrected chi connectivity index (χ2v) is 5.90. The largest absolute Gasteiger partial charge is 0.488 e. The fourth-order valence-electron chi connectivity index (χ4n) is 2.01. The van der Waals surface area contributed by atoms with E-state index in [1.54, 1.807) is 18.2 Å². The molecule has 0 amide bonds. The molecule has 0 saturated heterocycles. The zero-order valence-electron chi connectivity index (χ0n) is 11.4. The molecule has 2 aromatic carbocycles. The van der Waals surface area contributed by atoms with Crippen LogP contribution in [0.5, 0.6) is 5.75 Å². The normalized spacial score (nSPS) is 10.2. The highest BCUT2D eigenvalue weighted by Gasteiger charge is 2.10. The number of hydrogen-bond acceptors (Lipinski definition) is 3. The first-order valence-corrected chi connectivity index (χ1v) is 7.43. The van der Waals surface area contributed by atoms with Crippen LogP contribution < -0.4 is 4.74 Å². The Morgan fingerprint density at radius 2 is 2.05 bits per heavy atom. The first kappa shape index (κ1) is 15.8. The molecule has 0 fully saturated rings. The van der Waals surface area contributed by atoms with Gasteiger partial charge in [0.1, 0.15) is 12.4 Å². The Bertz CT molecular complexity index is 710. The van der Waals surface area contributed by atoms with E-state index < -0.39 is 0 Å². The molecule has 21 heavy (non-hydrogen) atoms. The van der Waals surface area contributed by atoms with Gasteiger partial charge in [0.2, 0.25) is 0 Å². The van der Waals surface area contributed by atoms with E-state index in [1.807, 2.05) is 25.1 Å². The summed E-state index contributed by atoms with van der Waals surface area (Å²) >= 11 is 9.52. The van der Waals surface area contributed by atoms with E-state index in [0.29, 0.717) is 21.9 Å². The van der Waals surface area contributed by atoms with Gasteiger partial charge in [0.25, 0.3) is 0 Å². The van der Waals surface area contributed by atoms with E-state index in [-0.39, 0.29) is 13.2 Å². The molecule has 3 nitrogen and oxygen atoms in total. The monoisotopic (exact) mass is 365 g/mol. The summed E-state index contributed by atoms with van der Waals surface area (Å²) in [5, 5.41) is 18.7. The summed E-state index contributed by atoms with van der Waals surface area (Å²) in [6.45, 7) is 2.09. The van der Waals surface area contributed by atoms with Gasteiger partial charge in [0, 0.05) is 20.6 Å². The smallest absolute Gasteiger partial charge is 0.128 e. The number of halogens is 2. The van der Waals surface area contributed by atoms with Crippen molar-refractivity contribution >= 4 is 27.5 Å². The Hall–Kier alpha value is -1.54. The number of aryl methyl sites for hydroxylation is 1. The SMILES string of the molecule is Cc1cc(Br)cc(CO)c1OCc1ccc(C#N)cc1Cl. The van der Waals surface area contributed by atoms with Gasteiger partial charge in [0.05, 0.1) is 18.2 Å². The summed E-state index contributed by atoms with van der Waals surface area (Å²) in [4.78, 5) is 0. The van der Waals surface area contributed by atoms with E-state index in [0.717, 1.165) is 15.6 Å². The Morgan fingerprint density at radius 1 is 1.29 bits per heavy atom. The zero-order chi connectivity index (χ0) is 15.4. The van der Waals surface area contributed by atoms with Gasteiger partial charge in [-0.1, -0.05) is 33.6 Å². The van der Waals surface area contributed by atoms with Gasteiger partial charge in [-0.2, -0.15) is 5.26 Å².